The van der Waals surface area contributed by atoms with Crippen molar-refractivity contribution in [3.8, 4) is 0 Å². The first-order valence-corrected chi connectivity index (χ1v) is 10.8. The topological polar surface area (TPSA) is 41.6 Å². The number of carbonyl (C=O) groups excluding carboxylic acids is 1. The molecule has 1 fully saturated rings. The minimum Gasteiger partial charge on any atom is -0.379 e. The summed E-state index contributed by atoms with van der Waals surface area (Å²) in [7, 11) is 0. The van der Waals surface area contributed by atoms with Gasteiger partial charge < -0.3 is 10.1 Å². The van der Waals surface area contributed by atoms with Gasteiger partial charge in [-0.3, -0.25) is 9.69 Å². The molecule has 1 unspecified atom stereocenters. The Kier molecular flexibility index (Phi) is 7.33. The van der Waals surface area contributed by atoms with Crippen LogP contribution in [0.3, 0.4) is 0 Å². The molecule has 144 valence electrons. The van der Waals surface area contributed by atoms with E-state index in [-0.39, 0.29) is 11.9 Å². The van der Waals surface area contributed by atoms with Gasteiger partial charge in [0.15, 0.2) is 0 Å². The number of morpholine rings is 1. The van der Waals surface area contributed by atoms with Crippen LogP contribution >= 0.6 is 11.8 Å². The molecule has 1 N–H and O–H groups in total. The number of rotatable bonds is 7. The van der Waals surface area contributed by atoms with Crippen molar-refractivity contribution < 1.29 is 9.53 Å². The summed E-state index contributed by atoms with van der Waals surface area (Å²) in [5.41, 5.74) is 4.31. The van der Waals surface area contributed by atoms with Gasteiger partial charge in [0.05, 0.1) is 19.3 Å². The molecule has 1 amide bonds. The third-order valence-corrected chi connectivity index (χ3v) is 5.48. The van der Waals surface area contributed by atoms with Crippen molar-refractivity contribution in [3.05, 3.63) is 70.8 Å². The summed E-state index contributed by atoms with van der Waals surface area (Å²) in [6.07, 6.45) is 2.08. The zero-order chi connectivity index (χ0) is 19.1. The Balaban J connectivity index is 1.72. The molecule has 0 radical (unpaired) electrons. The van der Waals surface area contributed by atoms with Gasteiger partial charge in [0.2, 0.25) is 0 Å². The van der Waals surface area contributed by atoms with E-state index in [9.17, 15) is 4.79 Å². The number of amides is 1. The van der Waals surface area contributed by atoms with E-state index >= 15 is 0 Å². The molecule has 0 spiro atoms. The lowest BCUT2D eigenvalue weighted by Crippen LogP contribution is -2.43. The van der Waals surface area contributed by atoms with Crippen molar-refractivity contribution in [2.24, 2.45) is 0 Å². The fourth-order valence-corrected chi connectivity index (χ4v) is 3.76. The van der Waals surface area contributed by atoms with Crippen LogP contribution < -0.4 is 5.32 Å². The normalized spacial score (nSPS) is 16.1. The lowest BCUT2D eigenvalue weighted by atomic mass is 10.0. The van der Waals surface area contributed by atoms with Gasteiger partial charge in [-0.05, 0) is 36.4 Å². The zero-order valence-corrected chi connectivity index (χ0v) is 16.9. The van der Waals surface area contributed by atoms with Crippen LogP contribution in [-0.2, 0) is 10.5 Å². The average Bonchev–Trinajstić information content (AvgIpc) is 2.70. The Morgan fingerprint density at radius 1 is 1.11 bits per heavy atom. The summed E-state index contributed by atoms with van der Waals surface area (Å²) in [6, 6.07) is 16.3. The number of hydrogen-bond donors (Lipinski definition) is 1. The van der Waals surface area contributed by atoms with Crippen LogP contribution in [0.1, 0.15) is 33.1 Å². The molecule has 1 heterocycles. The minimum atomic E-state index is -0.0397. The Morgan fingerprint density at radius 2 is 1.78 bits per heavy atom. The zero-order valence-electron chi connectivity index (χ0n) is 16.1. The van der Waals surface area contributed by atoms with E-state index in [2.05, 4.69) is 47.7 Å². The summed E-state index contributed by atoms with van der Waals surface area (Å²) in [6.45, 7) is 6.19. The average molecular weight is 385 g/mol. The number of benzene rings is 2. The van der Waals surface area contributed by atoms with E-state index in [1.165, 1.54) is 11.1 Å². The second-order valence-corrected chi connectivity index (χ2v) is 7.85. The number of aryl methyl sites for hydroxylation is 1. The third-order valence-electron chi connectivity index (χ3n) is 4.86. The maximum atomic E-state index is 12.8. The summed E-state index contributed by atoms with van der Waals surface area (Å²) in [4.78, 5) is 15.2. The van der Waals surface area contributed by atoms with Crippen LogP contribution in [0, 0.1) is 6.92 Å². The van der Waals surface area contributed by atoms with Gasteiger partial charge >= 0.3 is 0 Å². The summed E-state index contributed by atoms with van der Waals surface area (Å²) in [5.74, 6) is 0.940. The summed E-state index contributed by atoms with van der Waals surface area (Å²) < 4.78 is 5.45. The number of carbonyl (C=O) groups is 1. The Hall–Kier alpha value is -1.82. The van der Waals surface area contributed by atoms with Crippen LogP contribution in [-0.4, -0.2) is 49.9 Å². The standard InChI is InChI=1S/C22H28N2O2S/c1-17-3-7-19(8-4-17)21(15-24-11-13-26-14-12-24)23-22(25)20-9-5-18(6-10-20)16-27-2/h3-10,21H,11-16H2,1-2H3,(H,23,25). The predicted octanol–water partition coefficient (Wildman–Crippen LogP) is 3.66. The van der Waals surface area contributed by atoms with Crippen molar-refractivity contribution in [3.63, 3.8) is 0 Å². The first-order chi connectivity index (χ1) is 13.2. The van der Waals surface area contributed by atoms with Crippen LogP contribution in [0.4, 0.5) is 0 Å². The highest BCUT2D eigenvalue weighted by atomic mass is 32.2. The molecule has 1 aliphatic rings. The highest BCUT2D eigenvalue weighted by Crippen LogP contribution is 2.18. The van der Waals surface area contributed by atoms with Crippen LogP contribution in [0.25, 0.3) is 0 Å². The van der Waals surface area contributed by atoms with E-state index in [0.717, 1.165) is 44.2 Å². The largest absolute Gasteiger partial charge is 0.379 e. The van der Waals surface area contributed by atoms with Gasteiger partial charge in [-0.15, -0.1) is 0 Å². The van der Waals surface area contributed by atoms with E-state index in [1.807, 2.05) is 24.3 Å². The van der Waals surface area contributed by atoms with E-state index in [1.54, 1.807) is 11.8 Å². The number of nitrogens with zero attached hydrogens (tertiary/aromatic N) is 1. The first kappa shape index (κ1) is 19.9. The summed E-state index contributed by atoms with van der Waals surface area (Å²) in [5, 5.41) is 3.24. The van der Waals surface area contributed by atoms with E-state index < -0.39 is 0 Å². The quantitative estimate of drug-likeness (QED) is 0.791. The Morgan fingerprint density at radius 3 is 2.41 bits per heavy atom. The number of nitrogens with one attached hydrogen (secondary N) is 1. The second-order valence-electron chi connectivity index (χ2n) is 6.98. The maximum absolute atomic E-state index is 12.8. The lowest BCUT2D eigenvalue weighted by molar-refractivity contribution is 0.0332. The summed E-state index contributed by atoms with van der Waals surface area (Å²) >= 11 is 1.78. The molecule has 3 rings (SSSR count). The van der Waals surface area contributed by atoms with Gasteiger partial charge in [-0.1, -0.05) is 42.0 Å². The molecule has 4 nitrogen and oxygen atoms in total. The fourth-order valence-electron chi connectivity index (χ4n) is 3.24. The van der Waals surface area contributed by atoms with Crippen LogP contribution in [0.15, 0.2) is 48.5 Å². The molecular weight excluding hydrogens is 356 g/mol. The van der Waals surface area contributed by atoms with Crippen LogP contribution in [0.5, 0.6) is 0 Å². The Bertz CT molecular complexity index is 725. The van der Waals surface area contributed by atoms with Crippen molar-refractivity contribution in [1.82, 2.24) is 10.2 Å². The molecule has 0 saturated carbocycles. The molecule has 1 atom stereocenters. The monoisotopic (exact) mass is 384 g/mol. The van der Waals surface area contributed by atoms with Gasteiger partial charge in [0, 0.05) is 31.0 Å². The smallest absolute Gasteiger partial charge is 0.251 e. The third kappa shape index (κ3) is 5.83. The highest BCUT2D eigenvalue weighted by molar-refractivity contribution is 7.97. The molecular formula is C22H28N2O2S. The Labute approximate surface area is 166 Å². The van der Waals surface area contributed by atoms with E-state index in [0.29, 0.717) is 5.56 Å². The fraction of sp³-hybridized carbons (Fsp3) is 0.409. The highest BCUT2D eigenvalue weighted by Gasteiger charge is 2.20. The molecule has 1 saturated heterocycles. The van der Waals surface area contributed by atoms with Gasteiger partial charge in [-0.25, -0.2) is 0 Å². The molecule has 0 aromatic heterocycles. The number of hydrogen-bond acceptors (Lipinski definition) is 4. The van der Waals surface area contributed by atoms with Gasteiger partial charge in [0.25, 0.3) is 5.91 Å². The molecule has 0 aliphatic carbocycles. The number of ether oxygens (including phenoxy) is 1. The van der Waals surface area contributed by atoms with Gasteiger partial charge in [0.1, 0.15) is 0 Å². The predicted molar refractivity (Wildman–Crippen MR) is 112 cm³/mol. The SMILES string of the molecule is CSCc1ccc(C(=O)NC(CN2CCOCC2)c2ccc(C)cc2)cc1. The van der Waals surface area contributed by atoms with E-state index in [4.69, 9.17) is 4.74 Å². The second kappa shape index (κ2) is 9.93. The maximum Gasteiger partial charge on any atom is 0.251 e. The molecule has 2 aromatic rings. The number of thioether (sulfide) groups is 1. The molecule has 1 aliphatic heterocycles. The molecule has 0 bridgehead atoms. The van der Waals surface area contributed by atoms with Crippen molar-refractivity contribution in [2.75, 3.05) is 39.1 Å². The van der Waals surface area contributed by atoms with Crippen molar-refractivity contribution >= 4 is 17.7 Å². The molecule has 5 heteroatoms. The minimum absolute atomic E-state index is 0.0236. The molecule has 27 heavy (non-hydrogen) atoms. The van der Waals surface area contributed by atoms with Crippen molar-refractivity contribution in [2.45, 2.75) is 18.7 Å². The first-order valence-electron chi connectivity index (χ1n) is 9.41. The van der Waals surface area contributed by atoms with Crippen LogP contribution in [0.2, 0.25) is 0 Å². The molecule has 2 aromatic carbocycles. The van der Waals surface area contributed by atoms with Gasteiger partial charge in [-0.2, -0.15) is 11.8 Å². The van der Waals surface area contributed by atoms with Crippen molar-refractivity contribution in [1.29, 1.82) is 0 Å². The lowest BCUT2D eigenvalue weighted by Gasteiger charge is -2.31.